The molecule has 6 heteroatoms. The van der Waals surface area contributed by atoms with Gasteiger partial charge in [0.05, 0.1) is 6.61 Å². The van der Waals surface area contributed by atoms with Gasteiger partial charge in [-0.2, -0.15) is 13.9 Å². The molecule has 0 bridgehead atoms. The van der Waals surface area contributed by atoms with Crippen LogP contribution in [0.4, 0.5) is 8.78 Å². The van der Waals surface area contributed by atoms with Crippen LogP contribution >= 0.6 is 0 Å². The van der Waals surface area contributed by atoms with Gasteiger partial charge in [-0.1, -0.05) is 13.8 Å². The van der Waals surface area contributed by atoms with Gasteiger partial charge < -0.3 is 4.74 Å². The van der Waals surface area contributed by atoms with Crippen molar-refractivity contribution in [3.63, 3.8) is 0 Å². The first-order valence-electron chi connectivity index (χ1n) is 6.52. The van der Waals surface area contributed by atoms with E-state index in [-0.39, 0.29) is 18.0 Å². The molecule has 106 valence electrons. The number of carbonyl (C=O) groups is 1. The minimum absolute atomic E-state index is 0.0372. The number of rotatable bonds is 3. The molecule has 0 saturated heterocycles. The maximum atomic E-state index is 14.3. The lowest BCUT2D eigenvalue weighted by Crippen LogP contribution is -2.24. The molecule has 1 heterocycles. The second kappa shape index (κ2) is 4.58. The fourth-order valence-corrected chi connectivity index (χ4v) is 2.62. The molecule has 0 aromatic carbocycles. The first-order valence-corrected chi connectivity index (χ1v) is 6.52. The van der Waals surface area contributed by atoms with Crippen molar-refractivity contribution < 1.29 is 18.3 Å². The fourth-order valence-electron chi connectivity index (χ4n) is 2.62. The third-order valence-corrected chi connectivity index (χ3v) is 3.85. The normalized spacial score (nSPS) is 24.3. The van der Waals surface area contributed by atoms with Crippen molar-refractivity contribution in [1.82, 2.24) is 9.78 Å². The van der Waals surface area contributed by atoms with Gasteiger partial charge in [0.1, 0.15) is 5.69 Å². The molecule has 0 unspecified atom stereocenters. The Balaban J connectivity index is 2.61. The number of carbonyl (C=O) groups excluding carboxylic acids is 1. The molecule has 0 amide bonds. The average molecular weight is 272 g/mol. The van der Waals surface area contributed by atoms with E-state index in [0.29, 0.717) is 12.1 Å². The third kappa shape index (κ3) is 1.84. The van der Waals surface area contributed by atoms with Crippen molar-refractivity contribution >= 4 is 5.97 Å². The lowest BCUT2D eigenvalue weighted by molar-refractivity contribution is -0.0587. The van der Waals surface area contributed by atoms with Gasteiger partial charge in [0.2, 0.25) is 0 Å². The summed E-state index contributed by atoms with van der Waals surface area (Å²) in [5.41, 5.74) is 0.256. The van der Waals surface area contributed by atoms with Crippen molar-refractivity contribution in [2.75, 3.05) is 6.61 Å². The van der Waals surface area contributed by atoms with Gasteiger partial charge in [0.15, 0.2) is 5.69 Å². The molecule has 19 heavy (non-hydrogen) atoms. The smallest absolute Gasteiger partial charge is 0.359 e. The molecule has 0 spiro atoms. The summed E-state index contributed by atoms with van der Waals surface area (Å²) in [5, 5.41) is 4.01. The highest BCUT2D eigenvalue weighted by molar-refractivity contribution is 5.90. The Kier molecular flexibility index (Phi) is 3.36. The Bertz CT molecular complexity index is 511. The van der Waals surface area contributed by atoms with Crippen molar-refractivity contribution in [2.24, 2.45) is 5.92 Å². The highest BCUT2D eigenvalue weighted by Crippen LogP contribution is 2.53. The molecule has 1 aliphatic rings. The monoisotopic (exact) mass is 272 g/mol. The molecular weight excluding hydrogens is 254 g/mol. The summed E-state index contributed by atoms with van der Waals surface area (Å²) in [5.74, 6) is -4.83. The number of nitrogens with zero attached hydrogens (tertiary/aromatic N) is 2. The molecule has 0 fully saturated rings. The molecule has 0 aliphatic heterocycles. The van der Waals surface area contributed by atoms with Crippen molar-refractivity contribution in [2.45, 2.75) is 46.1 Å². The Labute approximate surface area is 110 Å². The van der Waals surface area contributed by atoms with Gasteiger partial charge in [-0.15, -0.1) is 0 Å². The van der Waals surface area contributed by atoms with E-state index >= 15 is 0 Å². The summed E-state index contributed by atoms with van der Waals surface area (Å²) in [6, 6.07) is 0. The van der Waals surface area contributed by atoms with E-state index in [0.717, 1.165) is 0 Å². The minimum Gasteiger partial charge on any atom is -0.461 e. The van der Waals surface area contributed by atoms with Gasteiger partial charge in [-0.3, -0.25) is 4.68 Å². The highest BCUT2D eigenvalue weighted by Gasteiger charge is 2.55. The summed E-state index contributed by atoms with van der Waals surface area (Å²) < 4.78 is 34.7. The van der Waals surface area contributed by atoms with E-state index < -0.39 is 23.7 Å². The van der Waals surface area contributed by atoms with Gasteiger partial charge in [-0.25, -0.2) is 4.79 Å². The van der Waals surface area contributed by atoms with Crippen molar-refractivity contribution in [1.29, 1.82) is 0 Å². The van der Waals surface area contributed by atoms with Crippen LogP contribution in [0, 0.1) is 5.92 Å². The first kappa shape index (κ1) is 14.0. The topological polar surface area (TPSA) is 44.1 Å². The molecule has 0 saturated carbocycles. The van der Waals surface area contributed by atoms with Crippen LogP contribution in [0.2, 0.25) is 0 Å². The van der Waals surface area contributed by atoms with Crippen molar-refractivity contribution in [3.05, 3.63) is 17.0 Å². The van der Waals surface area contributed by atoms with E-state index in [2.05, 4.69) is 5.10 Å². The minimum atomic E-state index is -2.96. The second-order valence-electron chi connectivity index (χ2n) is 4.85. The predicted octanol–water partition coefficient (Wildman–Crippen LogP) is 2.92. The summed E-state index contributed by atoms with van der Waals surface area (Å²) in [6.45, 7) is 7.11. The molecule has 4 nitrogen and oxygen atoms in total. The van der Waals surface area contributed by atoms with Crippen molar-refractivity contribution in [3.8, 4) is 0 Å². The van der Waals surface area contributed by atoms with E-state index in [1.165, 1.54) is 11.6 Å². The zero-order chi connectivity index (χ0) is 14.4. The van der Waals surface area contributed by atoms with E-state index in [1.807, 2.05) is 0 Å². The molecule has 0 N–H and O–H groups in total. The molecule has 1 aromatic heterocycles. The van der Waals surface area contributed by atoms with Crippen LogP contribution in [-0.2, 0) is 17.2 Å². The number of ether oxygens (including phenoxy) is 1. The average Bonchev–Trinajstić information content (AvgIpc) is 2.83. The van der Waals surface area contributed by atoms with Crippen LogP contribution in [0.5, 0.6) is 0 Å². The SMILES string of the molecule is CCOC(=O)c1nn(CC)c2c1[C@@H](C)[C@@H](C)C2(F)F. The molecule has 1 aromatic rings. The molecular formula is C13H18F2N2O2. The Morgan fingerprint density at radius 1 is 1.42 bits per heavy atom. The van der Waals surface area contributed by atoms with Gasteiger partial charge in [0, 0.05) is 18.0 Å². The summed E-state index contributed by atoms with van der Waals surface area (Å²) in [6.07, 6.45) is 0. The zero-order valence-electron chi connectivity index (χ0n) is 11.5. The molecule has 2 rings (SSSR count). The van der Waals surface area contributed by atoms with Gasteiger partial charge in [-0.05, 0) is 19.8 Å². The van der Waals surface area contributed by atoms with Crippen LogP contribution in [-0.4, -0.2) is 22.4 Å². The summed E-state index contributed by atoms with van der Waals surface area (Å²) in [4.78, 5) is 11.9. The van der Waals surface area contributed by atoms with Crippen LogP contribution in [0.1, 0.15) is 55.4 Å². The first-order chi connectivity index (χ1) is 8.86. The maximum Gasteiger partial charge on any atom is 0.359 e. The number of alkyl halides is 2. The molecule has 2 atom stereocenters. The number of fused-ring (bicyclic) bond motifs is 1. The van der Waals surface area contributed by atoms with Crippen LogP contribution in [0.25, 0.3) is 0 Å². The highest BCUT2D eigenvalue weighted by atomic mass is 19.3. The fraction of sp³-hybridized carbons (Fsp3) is 0.692. The lowest BCUT2D eigenvalue weighted by atomic mass is 9.94. The quantitative estimate of drug-likeness (QED) is 0.795. The van der Waals surface area contributed by atoms with E-state index in [9.17, 15) is 13.6 Å². The van der Waals surface area contributed by atoms with E-state index in [4.69, 9.17) is 4.74 Å². The second-order valence-corrected chi connectivity index (χ2v) is 4.85. The summed E-state index contributed by atoms with van der Waals surface area (Å²) >= 11 is 0. The predicted molar refractivity (Wildman–Crippen MR) is 65.3 cm³/mol. The van der Waals surface area contributed by atoms with Crippen LogP contribution in [0.3, 0.4) is 0 Å². The lowest BCUT2D eigenvalue weighted by Gasteiger charge is -2.19. The Morgan fingerprint density at radius 2 is 2.05 bits per heavy atom. The third-order valence-electron chi connectivity index (χ3n) is 3.85. The van der Waals surface area contributed by atoms with E-state index in [1.54, 1.807) is 20.8 Å². The number of aromatic nitrogens is 2. The molecule has 0 radical (unpaired) electrons. The number of hydrogen-bond acceptors (Lipinski definition) is 3. The largest absolute Gasteiger partial charge is 0.461 e. The van der Waals surface area contributed by atoms with Gasteiger partial charge in [0.25, 0.3) is 5.92 Å². The number of hydrogen-bond donors (Lipinski definition) is 0. The van der Waals surface area contributed by atoms with Crippen LogP contribution < -0.4 is 0 Å². The summed E-state index contributed by atoms with van der Waals surface area (Å²) in [7, 11) is 0. The molecule has 1 aliphatic carbocycles. The van der Waals surface area contributed by atoms with Crippen LogP contribution in [0.15, 0.2) is 0 Å². The Morgan fingerprint density at radius 3 is 2.58 bits per heavy atom. The van der Waals surface area contributed by atoms with Gasteiger partial charge >= 0.3 is 5.97 Å². The Hall–Kier alpha value is -1.46. The number of esters is 1. The maximum absolute atomic E-state index is 14.3. The standard InChI is InChI=1S/C13H18F2N2O2/c1-5-17-11-9(7(3)8(4)13(11,14)15)10(16-17)12(18)19-6-2/h7-8H,5-6H2,1-4H3/t7-,8+/m0/s1. The number of aryl methyl sites for hydroxylation is 1. The zero-order valence-corrected chi connectivity index (χ0v) is 11.5. The number of halogens is 2.